The third-order valence-electron chi connectivity index (χ3n) is 3.57. The van der Waals surface area contributed by atoms with Crippen LogP contribution in [0.2, 0.25) is 0 Å². The summed E-state index contributed by atoms with van der Waals surface area (Å²) in [4.78, 5) is 2.48. The highest BCUT2D eigenvalue weighted by Crippen LogP contribution is 2.28. The molecule has 0 unspecified atom stereocenters. The van der Waals surface area contributed by atoms with Crippen molar-refractivity contribution in [3.63, 3.8) is 0 Å². The van der Waals surface area contributed by atoms with E-state index in [0.717, 1.165) is 51.0 Å². The average molecular weight is 266 g/mol. The summed E-state index contributed by atoms with van der Waals surface area (Å²) in [7, 11) is 1.76. The zero-order valence-electron chi connectivity index (χ0n) is 12.2. The van der Waals surface area contributed by atoms with Gasteiger partial charge in [-0.2, -0.15) is 0 Å². The molecule has 1 fully saturated rings. The van der Waals surface area contributed by atoms with Crippen molar-refractivity contribution in [2.75, 3.05) is 26.8 Å². The van der Waals surface area contributed by atoms with Crippen LogP contribution in [0.5, 0.6) is 0 Å². The van der Waals surface area contributed by atoms with Crippen molar-refractivity contribution in [1.82, 2.24) is 10.2 Å². The molecule has 1 N–H and O–H groups in total. The Labute approximate surface area is 116 Å². The van der Waals surface area contributed by atoms with Gasteiger partial charge in [0.05, 0.1) is 19.4 Å². The third kappa shape index (κ3) is 4.64. The molecule has 1 aliphatic rings. The van der Waals surface area contributed by atoms with Gasteiger partial charge in [0.2, 0.25) is 0 Å². The van der Waals surface area contributed by atoms with E-state index in [0.29, 0.717) is 0 Å². The SMILES string of the molecule is CCCNCc1ccoc1CN(CCOC)C1CC1. The highest BCUT2D eigenvalue weighted by molar-refractivity contribution is 5.17. The van der Waals surface area contributed by atoms with Gasteiger partial charge in [-0.25, -0.2) is 0 Å². The van der Waals surface area contributed by atoms with Crippen LogP contribution in [0.4, 0.5) is 0 Å². The fraction of sp³-hybridized carbons (Fsp3) is 0.733. The molecule has 1 saturated carbocycles. The minimum absolute atomic E-state index is 0.733. The molecule has 4 heteroatoms. The number of methoxy groups -OCH3 is 1. The van der Waals surface area contributed by atoms with Crippen molar-refractivity contribution in [2.45, 2.75) is 45.3 Å². The second kappa shape index (κ2) is 7.68. The summed E-state index contributed by atoms with van der Waals surface area (Å²) < 4.78 is 10.9. The number of nitrogens with one attached hydrogen (secondary N) is 1. The first-order chi connectivity index (χ1) is 9.35. The molecule has 1 aliphatic carbocycles. The molecule has 0 amide bonds. The van der Waals surface area contributed by atoms with E-state index in [9.17, 15) is 0 Å². The van der Waals surface area contributed by atoms with Gasteiger partial charge in [-0.15, -0.1) is 0 Å². The maximum absolute atomic E-state index is 5.66. The van der Waals surface area contributed by atoms with Crippen LogP contribution in [0.25, 0.3) is 0 Å². The maximum Gasteiger partial charge on any atom is 0.122 e. The van der Waals surface area contributed by atoms with Crippen LogP contribution in [0.1, 0.15) is 37.5 Å². The van der Waals surface area contributed by atoms with Gasteiger partial charge in [0.25, 0.3) is 0 Å². The number of hydrogen-bond acceptors (Lipinski definition) is 4. The van der Waals surface area contributed by atoms with E-state index in [-0.39, 0.29) is 0 Å². The lowest BCUT2D eigenvalue weighted by Gasteiger charge is -2.20. The van der Waals surface area contributed by atoms with Gasteiger partial charge in [0.1, 0.15) is 5.76 Å². The largest absolute Gasteiger partial charge is 0.468 e. The topological polar surface area (TPSA) is 37.6 Å². The van der Waals surface area contributed by atoms with E-state index in [2.05, 4.69) is 23.2 Å². The number of rotatable bonds is 10. The van der Waals surface area contributed by atoms with E-state index >= 15 is 0 Å². The highest BCUT2D eigenvalue weighted by Gasteiger charge is 2.29. The first kappa shape index (κ1) is 14.6. The van der Waals surface area contributed by atoms with E-state index < -0.39 is 0 Å². The fourth-order valence-corrected chi connectivity index (χ4v) is 2.29. The minimum Gasteiger partial charge on any atom is -0.468 e. The Balaban J connectivity index is 1.87. The van der Waals surface area contributed by atoms with Crippen LogP contribution in [-0.4, -0.2) is 37.7 Å². The lowest BCUT2D eigenvalue weighted by Crippen LogP contribution is -2.29. The van der Waals surface area contributed by atoms with Gasteiger partial charge in [-0.1, -0.05) is 6.92 Å². The Hall–Kier alpha value is -0.840. The Morgan fingerprint density at radius 3 is 3.00 bits per heavy atom. The van der Waals surface area contributed by atoms with E-state index in [1.165, 1.54) is 18.4 Å². The Kier molecular flexibility index (Phi) is 5.89. The van der Waals surface area contributed by atoms with E-state index in [1.807, 2.05) is 0 Å². The second-order valence-electron chi connectivity index (χ2n) is 5.24. The van der Waals surface area contributed by atoms with Crippen LogP contribution < -0.4 is 5.32 Å². The van der Waals surface area contributed by atoms with Crippen molar-refractivity contribution >= 4 is 0 Å². The average Bonchev–Trinajstić information content (AvgIpc) is 3.17. The first-order valence-electron chi connectivity index (χ1n) is 7.34. The van der Waals surface area contributed by atoms with Crippen molar-refractivity contribution in [1.29, 1.82) is 0 Å². The second-order valence-corrected chi connectivity index (χ2v) is 5.24. The van der Waals surface area contributed by atoms with E-state index in [4.69, 9.17) is 9.15 Å². The molecule has 0 bridgehead atoms. The Morgan fingerprint density at radius 1 is 1.47 bits per heavy atom. The van der Waals surface area contributed by atoms with Crippen LogP contribution in [0.3, 0.4) is 0 Å². The number of furan rings is 1. The zero-order valence-corrected chi connectivity index (χ0v) is 12.2. The lowest BCUT2D eigenvalue weighted by atomic mass is 10.2. The third-order valence-corrected chi connectivity index (χ3v) is 3.57. The van der Waals surface area contributed by atoms with Crippen molar-refractivity contribution in [3.05, 3.63) is 23.7 Å². The monoisotopic (exact) mass is 266 g/mol. The Morgan fingerprint density at radius 2 is 2.32 bits per heavy atom. The van der Waals surface area contributed by atoms with Gasteiger partial charge in [0, 0.05) is 31.8 Å². The van der Waals surface area contributed by atoms with Gasteiger partial charge < -0.3 is 14.5 Å². The summed E-state index contributed by atoms with van der Waals surface area (Å²) in [5.74, 6) is 1.10. The fourth-order valence-electron chi connectivity index (χ4n) is 2.29. The molecule has 1 aromatic rings. The summed E-state index contributed by atoms with van der Waals surface area (Å²) in [6.07, 6.45) is 5.59. The van der Waals surface area contributed by atoms with Gasteiger partial charge in [-0.3, -0.25) is 4.90 Å². The molecule has 4 nitrogen and oxygen atoms in total. The normalized spacial score (nSPS) is 15.3. The van der Waals surface area contributed by atoms with Gasteiger partial charge in [0.15, 0.2) is 0 Å². The minimum atomic E-state index is 0.733. The lowest BCUT2D eigenvalue weighted by molar-refractivity contribution is 0.134. The molecule has 1 heterocycles. The smallest absolute Gasteiger partial charge is 0.122 e. The molecule has 0 saturated heterocycles. The maximum atomic E-state index is 5.66. The van der Waals surface area contributed by atoms with Crippen molar-refractivity contribution < 1.29 is 9.15 Å². The molecule has 0 atom stereocenters. The predicted molar refractivity (Wildman–Crippen MR) is 76.0 cm³/mol. The summed E-state index contributed by atoms with van der Waals surface area (Å²) in [6, 6.07) is 2.82. The number of nitrogens with zero attached hydrogens (tertiary/aromatic N) is 1. The summed E-state index contributed by atoms with van der Waals surface area (Å²) in [5.41, 5.74) is 1.29. The molecule has 0 aliphatic heterocycles. The molecule has 0 radical (unpaired) electrons. The molecular weight excluding hydrogens is 240 g/mol. The van der Waals surface area contributed by atoms with E-state index in [1.54, 1.807) is 13.4 Å². The zero-order chi connectivity index (χ0) is 13.5. The summed E-state index contributed by atoms with van der Waals surface area (Å²) >= 11 is 0. The summed E-state index contributed by atoms with van der Waals surface area (Å²) in [6.45, 7) is 6.83. The van der Waals surface area contributed by atoms with Crippen LogP contribution >= 0.6 is 0 Å². The molecule has 108 valence electrons. The molecular formula is C15H26N2O2. The molecule has 0 spiro atoms. The van der Waals surface area contributed by atoms with Crippen LogP contribution in [0.15, 0.2) is 16.7 Å². The van der Waals surface area contributed by atoms with Gasteiger partial charge >= 0.3 is 0 Å². The molecule has 2 rings (SSSR count). The van der Waals surface area contributed by atoms with Crippen LogP contribution in [0, 0.1) is 0 Å². The molecule has 1 aromatic heterocycles. The predicted octanol–water partition coefficient (Wildman–Crippen LogP) is 2.39. The Bertz CT molecular complexity index is 361. The standard InChI is InChI=1S/C15H26N2O2/c1-3-7-16-11-13-6-9-19-15(13)12-17(8-10-18-2)14-4-5-14/h6,9,14,16H,3-5,7-8,10-12H2,1-2H3. The number of ether oxygens (including phenoxy) is 1. The van der Waals surface area contributed by atoms with Crippen molar-refractivity contribution in [3.8, 4) is 0 Å². The molecule has 19 heavy (non-hydrogen) atoms. The van der Waals surface area contributed by atoms with Gasteiger partial charge in [-0.05, 0) is 31.9 Å². The number of hydrogen-bond donors (Lipinski definition) is 1. The highest BCUT2D eigenvalue weighted by atomic mass is 16.5. The van der Waals surface area contributed by atoms with Crippen LogP contribution in [-0.2, 0) is 17.8 Å². The quantitative estimate of drug-likeness (QED) is 0.660. The molecule has 0 aromatic carbocycles. The first-order valence-corrected chi connectivity index (χ1v) is 7.34. The summed E-state index contributed by atoms with van der Waals surface area (Å²) in [5, 5.41) is 3.44. The van der Waals surface area contributed by atoms with Crippen molar-refractivity contribution in [2.24, 2.45) is 0 Å².